The lowest BCUT2D eigenvalue weighted by Gasteiger charge is -2.16. The fourth-order valence-corrected chi connectivity index (χ4v) is 2.50. The molecule has 21 heavy (non-hydrogen) atoms. The fourth-order valence-electron chi connectivity index (χ4n) is 2.50. The summed E-state index contributed by atoms with van der Waals surface area (Å²) in [6.45, 7) is 7.85. The summed E-state index contributed by atoms with van der Waals surface area (Å²) in [6.07, 6.45) is 2.52. The van der Waals surface area contributed by atoms with E-state index in [-0.39, 0.29) is 11.8 Å². The zero-order valence-electron chi connectivity index (χ0n) is 12.7. The molecule has 0 unspecified atom stereocenters. The van der Waals surface area contributed by atoms with Crippen molar-refractivity contribution in [2.24, 2.45) is 0 Å². The van der Waals surface area contributed by atoms with Gasteiger partial charge in [0.1, 0.15) is 5.75 Å². The Bertz CT molecular complexity index is 485. The highest BCUT2D eigenvalue weighted by Gasteiger charge is 2.13. The second-order valence-electron chi connectivity index (χ2n) is 5.61. The highest BCUT2D eigenvalue weighted by Crippen LogP contribution is 2.26. The maximum atomic E-state index is 11.0. The van der Waals surface area contributed by atoms with Crippen LogP contribution in [0.25, 0.3) is 0 Å². The van der Waals surface area contributed by atoms with Gasteiger partial charge in [-0.3, -0.25) is 10.1 Å². The summed E-state index contributed by atoms with van der Waals surface area (Å²) in [5.41, 5.74) is 0.788. The molecule has 0 amide bonds. The number of non-ortho nitro benzene ring substituents is 1. The number of nitro benzene ring substituents is 1. The molecule has 1 fully saturated rings. The Kier molecular flexibility index (Phi) is 5.38. The largest absolute Gasteiger partial charge is 0.491 e. The maximum absolute atomic E-state index is 11.0. The van der Waals surface area contributed by atoms with Gasteiger partial charge in [0.15, 0.2) is 0 Å². The van der Waals surface area contributed by atoms with Crippen molar-refractivity contribution >= 4 is 11.4 Å². The summed E-state index contributed by atoms with van der Waals surface area (Å²) < 4.78 is 5.57. The van der Waals surface area contributed by atoms with Gasteiger partial charge in [0.25, 0.3) is 5.69 Å². The lowest BCUT2D eigenvalue weighted by molar-refractivity contribution is -0.384. The third-order valence-corrected chi connectivity index (χ3v) is 3.43. The molecule has 6 heteroatoms. The van der Waals surface area contributed by atoms with Gasteiger partial charge in [-0.2, -0.15) is 0 Å². The van der Waals surface area contributed by atoms with Crippen LogP contribution in [0.1, 0.15) is 26.7 Å². The van der Waals surface area contributed by atoms with Crippen molar-refractivity contribution < 1.29 is 9.66 Å². The van der Waals surface area contributed by atoms with Crippen LogP contribution in [0.3, 0.4) is 0 Å². The SMILES string of the molecule is CC(C)Oc1cc(NCCN2CCCC2)cc([N+](=O)[O-])c1. The van der Waals surface area contributed by atoms with Crippen molar-refractivity contribution in [1.29, 1.82) is 0 Å². The van der Waals surface area contributed by atoms with Crippen molar-refractivity contribution in [2.75, 3.05) is 31.5 Å². The first-order valence-corrected chi connectivity index (χ1v) is 7.47. The average Bonchev–Trinajstić information content (AvgIpc) is 2.90. The topological polar surface area (TPSA) is 67.6 Å². The number of anilines is 1. The zero-order valence-corrected chi connectivity index (χ0v) is 12.7. The van der Waals surface area contributed by atoms with E-state index in [2.05, 4.69) is 10.2 Å². The molecule has 1 aromatic carbocycles. The highest BCUT2D eigenvalue weighted by atomic mass is 16.6. The summed E-state index contributed by atoms with van der Waals surface area (Å²) in [4.78, 5) is 13.0. The Balaban J connectivity index is 1.99. The molecule has 0 aromatic heterocycles. The van der Waals surface area contributed by atoms with E-state index in [1.165, 1.54) is 18.9 Å². The van der Waals surface area contributed by atoms with Crippen LogP contribution in [-0.2, 0) is 0 Å². The van der Waals surface area contributed by atoms with Gasteiger partial charge in [-0.15, -0.1) is 0 Å². The molecular weight excluding hydrogens is 270 g/mol. The van der Waals surface area contributed by atoms with E-state index < -0.39 is 4.92 Å². The van der Waals surface area contributed by atoms with Gasteiger partial charge < -0.3 is 15.0 Å². The smallest absolute Gasteiger partial charge is 0.275 e. The second-order valence-corrected chi connectivity index (χ2v) is 5.61. The average molecular weight is 293 g/mol. The number of hydrogen-bond acceptors (Lipinski definition) is 5. The third-order valence-electron chi connectivity index (χ3n) is 3.43. The monoisotopic (exact) mass is 293 g/mol. The van der Waals surface area contributed by atoms with E-state index in [4.69, 9.17) is 4.74 Å². The molecule has 116 valence electrons. The van der Waals surface area contributed by atoms with Gasteiger partial charge in [0, 0.05) is 30.9 Å². The molecule has 0 aliphatic carbocycles. The van der Waals surface area contributed by atoms with E-state index in [0.717, 1.165) is 31.9 Å². The number of likely N-dealkylation sites (tertiary alicyclic amines) is 1. The second kappa shape index (κ2) is 7.26. The van der Waals surface area contributed by atoms with Crippen LogP contribution in [0.4, 0.5) is 11.4 Å². The maximum Gasteiger partial charge on any atom is 0.275 e. The first-order chi connectivity index (χ1) is 10.0. The van der Waals surface area contributed by atoms with Gasteiger partial charge in [-0.25, -0.2) is 0 Å². The Morgan fingerprint density at radius 2 is 2.05 bits per heavy atom. The van der Waals surface area contributed by atoms with Crippen molar-refractivity contribution in [2.45, 2.75) is 32.8 Å². The number of nitro groups is 1. The highest BCUT2D eigenvalue weighted by molar-refractivity contribution is 5.56. The van der Waals surface area contributed by atoms with Crippen LogP contribution in [0.2, 0.25) is 0 Å². The molecule has 0 atom stereocenters. The van der Waals surface area contributed by atoms with Crippen LogP contribution in [-0.4, -0.2) is 42.1 Å². The van der Waals surface area contributed by atoms with Gasteiger partial charge >= 0.3 is 0 Å². The molecule has 1 aliphatic heterocycles. The number of nitrogens with zero attached hydrogens (tertiary/aromatic N) is 2. The minimum absolute atomic E-state index is 0.00976. The molecule has 0 bridgehead atoms. The molecule has 0 radical (unpaired) electrons. The Hall–Kier alpha value is -1.82. The van der Waals surface area contributed by atoms with Gasteiger partial charge in [-0.1, -0.05) is 0 Å². The minimum Gasteiger partial charge on any atom is -0.491 e. The van der Waals surface area contributed by atoms with E-state index in [0.29, 0.717) is 5.75 Å². The van der Waals surface area contributed by atoms with Crippen molar-refractivity contribution in [3.63, 3.8) is 0 Å². The molecular formula is C15H23N3O3. The number of benzene rings is 1. The normalized spacial score (nSPS) is 15.4. The van der Waals surface area contributed by atoms with Crippen molar-refractivity contribution in [3.05, 3.63) is 28.3 Å². The quantitative estimate of drug-likeness (QED) is 0.618. The number of nitrogens with one attached hydrogen (secondary N) is 1. The van der Waals surface area contributed by atoms with Crippen molar-refractivity contribution in [1.82, 2.24) is 4.90 Å². The summed E-state index contributed by atoms with van der Waals surface area (Å²) in [5, 5.41) is 14.2. The minimum atomic E-state index is -0.390. The van der Waals surface area contributed by atoms with Crippen molar-refractivity contribution in [3.8, 4) is 5.75 Å². The molecule has 1 aliphatic rings. The molecule has 0 spiro atoms. The predicted molar refractivity (Wildman–Crippen MR) is 83.0 cm³/mol. The molecule has 1 aromatic rings. The predicted octanol–water partition coefficient (Wildman–Crippen LogP) is 2.89. The van der Waals surface area contributed by atoms with Gasteiger partial charge in [0.05, 0.1) is 17.1 Å². The number of ether oxygens (including phenoxy) is 1. The molecule has 1 heterocycles. The third kappa shape index (κ3) is 4.90. The van der Waals surface area contributed by atoms with E-state index in [1.54, 1.807) is 6.07 Å². The Morgan fingerprint density at radius 3 is 2.67 bits per heavy atom. The standard InChI is InChI=1S/C15H23N3O3/c1-12(2)21-15-10-13(9-14(11-15)18(19)20)16-5-8-17-6-3-4-7-17/h9-12,16H,3-8H2,1-2H3. The summed E-state index contributed by atoms with van der Waals surface area (Å²) in [5.74, 6) is 0.530. The van der Waals surface area contributed by atoms with Gasteiger partial charge in [0.2, 0.25) is 0 Å². The first-order valence-electron chi connectivity index (χ1n) is 7.47. The molecule has 6 nitrogen and oxygen atoms in total. The molecule has 0 saturated carbocycles. The summed E-state index contributed by atoms with van der Waals surface area (Å²) in [6, 6.07) is 4.83. The Labute approximate surface area is 125 Å². The molecule has 1 saturated heterocycles. The number of rotatable bonds is 7. The van der Waals surface area contributed by atoms with E-state index >= 15 is 0 Å². The van der Waals surface area contributed by atoms with E-state index in [9.17, 15) is 10.1 Å². The Morgan fingerprint density at radius 1 is 1.33 bits per heavy atom. The lowest BCUT2D eigenvalue weighted by Crippen LogP contribution is -2.25. The van der Waals surface area contributed by atoms with Crippen LogP contribution in [0.5, 0.6) is 5.75 Å². The zero-order chi connectivity index (χ0) is 15.2. The van der Waals surface area contributed by atoms with Crippen LogP contribution < -0.4 is 10.1 Å². The first kappa shape index (κ1) is 15.6. The van der Waals surface area contributed by atoms with Crippen LogP contribution in [0.15, 0.2) is 18.2 Å². The van der Waals surface area contributed by atoms with Crippen LogP contribution in [0, 0.1) is 10.1 Å². The molecule has 1 N–H and O–H groups in total. The van der Waals surface area contributed by atoms with E-state index in [1.807, 2.05) is 19.9 Å². The van der Waals surface area contributed by atoms with Crippen LogP contribution >= 0.6 is 0 Å². The fraction of sp³-hybridized carbons (Fsp3) is 0.600. The summed E-state index contributed by atoms with van der Waals surface area (Å²) >= 11 is 0. The number of hydrogen-bond donors (Lipinski definition) is 1. The lowest BCUT2D eigenvalue weighted by atomic mass is 10.2. The summed E-state index contributed by atoms with van der Waals surface area (Å²) in [7, 11) is 0. The van der Waals surface area contributed by atoms with Gasteiger partial charge in [-0.05, 0) is 39.8 Å². The molecule has 2 rings (SSSR count).